The lowest BCUT2D eigenvalue weighted by molar-refractivity contribution is -0.113. The third-order valence-electron chi connectivity index (χ3n) is 4.35. The number of nitrogens with zero attached hydrogens (tertiary/aromatic N) is 2. The number of hydrogen-bond acceptors (Lipinski definition) is 7. The molecule has 0 radical (unpaired) electrons. The minimum absolute atomic E-state index is 0.00961. The van der Waals surface area contributed by atoms with E-state index in [0.717, 1.165) is 17.5 Å². The summed E-state index contributed by atoms with van der Waals surface area (Å²) in [5.74, 6) is -2.97. The molecule has 0 spiro atoms. The van der Waals surface area contributed by atoms with E-state index >= 15 is 0 Å². The number of hydrogen-bond donors (Lipinski definition) is 1. The van der Waals surface area contributed by atoms with Gasteiger partial charge in [-0.05, 0) is 42.5 Å². The molecule has 2 aromatic heterocycles. The number of carbonyl (C=O) groups is 1. The lowest BCUT2D eigenvalue weighted by Gasteiger charge is -2.09. The van der Waals surface area contributed by atoms with Crippen molar-refractivity contribution in [1.82, 2.24) is 9.97 Å². The topological polar surface area (TPSA) is 102 Å². The first-order valence-electron chi connectivity index (χ1n) is 9.20. The Labute approximate surface area is 185 Å². The molecule has 0 aliphatic heterocycles. The molecule has 4 rings (SSSR count). The smallest absolute Gasteiger partial charge is 0.341 e. The number of thioether (sulfide) groups is 1. The lowest BCUT2D eigenvalue weighted by atomic mass is 10.2. The molecule has 1 amide bonds. The maximum absolute atomic E-state index is 12.6. The molecule has 0 unspecified atom stereocenters. The van der Waals surface area contributed by atoms with Crippen molar-refractivity contribution >= 4 is 44.1 Å². The number of sulfone groups is 1. The molecule has 164 valence electrons. The molecule has 0 aliphatic carbocycles. The highest BCUT2D eigenvalue weighted by molar-refractivity contribution is 8.00. The van der Waals surface area contributed by atoms with Gasteiger partial charge in [-0.1, -0.05) is 30.0 Å². The molecule has 0 saturated carbocycles. The number of alkyl halides is 2. The van der Waals surface area contributed by atoms with Crippen LogP contribution in [0, 0.1) is 0 Å². The number of fused-ring (bicyclic) bond motifs is 1. The zero-order valence-corrected chi connectivity index (χ0v) is 17.9. The van der Waals surface area contributed by atoms with E-state index < -0.39 is 20.5 Å². The summed E-state index contributed by atoms with van der Waals surface area (Å²) in [7, 11) is -4.68. The number of benzene rings is 2. The van der Waals surface area contributed by atoms with Crippen LogP contribution in [-0.4, -0.2) is 35.8 Å². The van der Waals surface area contributed by atoms with Crippen LogP contribution in [0.25, 0.3) is 22.5 Å². The van der Waals surface area contributed by atoms with Crippen molar-refractivity contribution in [2.45, 2.75) is 15.7 Å². The van der Waals surface area contributed by atoms with Crippen LogP contribution in [0.2, 0.25) is 0 Å². The fourth-order valence-electron chi connectivity index (χ4n) is 2.84. The quantitative estimate of drug-likeness (QED) is 0.307. The van der Waals surface area contributed by atoms with Crippen molar-refractivity contribution in [2.24, 2.45) is 0 Å². The molecular weight excluding hydrogens is 460 g/mol. The standard InChI is InChI=1S/C21H15F2N3O4S2/c22-21(23)32(28,29)14-9-7-13(8-10-14)24-18(27)12-31-20-15-4-1-2-5-16(15)25-19(26-20)17-6-3-11-30-17/h1-11,21H,12H2,(H,24,27). The number of halogens is 2. The van der Waals surface area contributed by atoms with Gasteiger partial charge >= 0.3 is 5.76 Å². The first-order valence-corrected chi connectivity index (χ1v) is 11.7. The van der Waals surface area contributed by atoms with Crippen molar-refractivity contribution in [2.75, 3.05) is 11.1 Å². The Bertz CT molecular complexity index is 1360. The molecule has 32 heavy (non-hydrogen) atoms. The molecule has 2 heterocycles. The van der Waals surface area contributed by atoms with Gasteiger partial charge in [0.2, 0.25) is 15.7 Å². The summed E-state index contributed by atoms with van der Waals surface area (Å²) in [5.41, 5.74) is 0.986. The van der Waals surface area contributed by atoms with Crippen LogP contribution >= 0.6 is 11.8 Å². The Morgan fingerprint density at radius 1 is 1.03 bits per heavy atom. The Morgan fingerprint density at radius 3 is 2.47 bits per heavy atom. The molecule has 0 saturated heterocycles. The Balaban J connectivity index is 1.48. The summed E-state index contributed by atoms with van der Waals surface area (Å²) in [6.45, 7) is 0. The summed E-state index contributed by atoms with van der Waals surface area (Å²) in [4.78, 5) is 20.9. The van der Waals surface area contributed by atoms with Crippen LogP contribution in [0.1, 0.15) is 0 Å². The zero-order valence-electron chi connectivity index (χ0n) is 16.2. The third kappa shape index (κ3) is 4.63. The largest absolute Gasteiger partial charge is 0.461 e. The van der Waals surface area contributed by atoms with Gasteiger partial charge in [-0.15, -0.1) is 0 Å². The number of para-hydroxylation sites is 1. The Kier molecular flexibility index (Phi) is 6.19. The lowest BCUT2D eigenvalue weighted by Crippen LogP contribution is -2.15. The monoisotopic (exact) mass is 475 g/mol. The molecule has 0 fully saturated rings. The summed E-state index contributed by atoms with van der Waals surface area (Å²) in [6.07, 6.45) is 1.52. The van der Waals surface area contributed by atoms with E-state index in [0.29, 0.717) is 22.1 Å². The van der Waals surface area contributed by atoms with Gasteiger partial charge in [-0.2, -0.15) is 8.78 Å². The summed E-state index contributed by atoms with van der Waals surface area (Å²) >= 11 is 1.20. The second-order valence-electron chi connectivity index (χ2n) is 6.51. The molecular formula is C21H15F2N3O4S2. The summed E-state index contributed by atoms with van der Waals surface area (Å²) in [5, 5.41) is 3.98. The van der Waals surface area contributed by atoms with E-state index in [2.05, 4.69) is 15.3 Å². The molecule has 0 bridgehead atoms. The first-order chi connectivity index (χ1) is 15.3. The van der Waals surface area contributed by atoms with E-state index in [9.17, 15) is 22.0 Å². The molecule has 11 heteroatoms. The maximum Gasteiger partial charge on any atom is 0.341 e. The predicted molar refractivity (Wildman–Crippen MR) is 116 cm³/mol. The second-order valence-corrected chi connectivity index (χ2v) is 9.40. The number of nitrogens with one attached hydrogen (secondary N) is 1. The normalized spacial score (nSPS) is 11.7. The van der Waals surface area contributed by atoms with Crippen molar-refractivity contribution in [1.29, 1.82) is 0 Å². The second kappa shape index (κ2) is 9.05. The van der Waals surface area contributed by atoms with Gasteiger partial charge in [0.25, 0.3) is 0 Å². The maximum atomic E-state index is 12.6. The average molecular weight is 475 g/mol. The SMILES string of the molecule is O=C(CSc1nc(-c2ccco2)nc2ccccc12)Nc1ccc(S(=O)(=O)C(F)F)cc1. The fraction of sp³-hybridized carbons (Fsp3) is 0.0952. The Hall–Kier alpha value is -3.31. The van der Waals surface area contributed by atoms with Crippen molar-refractivity contribution in [3.05, 3.63) is 66.9 Å². The Morgan fingerprint density at radius 2 is 1.78 bits per heavy atom. The van der Waals surface area contributed by atoms with Crippen LogP contribution in [-0.2, 0) is 14.6 Å². The van der Waals surface area contributed by atoms with Crippen LogP contribution < -0.4 is 5.32 Å². The fourth-order valence-corrected chi connectivity index (χ4v) is 4.38. The molecule has 4 aromatic rings. The van der Waals surface area contributed by atoms with Crippen LogP contribution in [0.5, 0.6) is 0 Å². The first kappa shape index (κ1) is 21.9. The van der Waals surface area contributed by atoms with E-state index in [1.807, 2.05) is 24.3 Å². The van der Waals surface area contributed by atoms with E-state index in [4.69, 9.17) is 4.42 Å². The molecule has 2 aromatic carbocycles. The van der Waals surface area contributed by atoms with Crippen LogP contribution in [0.3, 0.4) is 0 Å². The number of rotatable bonds is 7. The van der Waals surface area contributed by atoms with Crippen molar-refractivity contribution < 1.29 is 26.4 Å². The molecule has 0 aliphatic rings. The number of carbonyl (C=O) groups excluding carboxylic acids is 1. The zero-order chi connectivity index (χ0) is 22.7. The minimum atomic E-state index is -4.68. The summed E-state index contributed by atoms with van der Waals surface area (Å²) in [6, 6.07) is 15.4. The van der Waals surface area contributed by atoms with Crippen molar-refractivity contribution in [3.8, 4) is 11.6 Å². The van der Waals surface area contributed by atoms with Gasteiger partial charge in [0.1, 0.15) is 5.03 Å². The van der Waals surface area contributed by atoms with Gasteiger partial charge in [-0.25, -0.2) is 18.4 Å². The van der Waals surface area contributed by atoms with Crippen LogP contribution in [0.15, 0.2) is 81.3 Å². The number of furan rings is 1. The minimum Gasteiger partial charge on any atom is -0.461 e. The number of anilines is 1. The third-order valence-corrected chi connectivity index (χ3v) is 6.74. The van der Waals surface area contributed by atoms with Crippen molar-refractivity contribution in [3.63, 3.8) is 0 Å². The summed E-state index contributed by atoms with van der Waals surface area (Å²) < 4.78 is 53.6. The van der Waals surface area contributed by atoms with Gasteiger partial charge in [0.05, 0.1) is 22.4 Å². The molecule has 1 N–H and O–H groups in total. The van der Waals surface area contributed by atoms with E-state index in [-0.39, 0.29) is 17.3 Å². The van der Waals surface area contributed by atoms with Gasteiger partial charge < -0.3 is 9.73 Å². The number of amides is 1. The molecule has 7 nitrogen and oxygen atoms in total. The van der Waals surface area contributed by atoms with E-state index in [1.54, 1.807) is 12.1 Å². The average Bonchev–Trinajstić information content (AvgIpc) is 3.32. The van der Waals surface area contributed by atoms with Gasteiger partial charge in [-0.3, -0.25) is 4.79 Å². The number of aromatic nitrogens is 2. The van der Waals surface area contributed by atoms with Gasteiger partial charge in [0, 0.05) is 11.1 Å². The van der Waals surface area contributed by atoms with Gasteiger partial charge in [0.15, 0.2) is 11.6 Å². The predicted octanol–water partition coefficient (Wildman–Crippen LogP) is 4.62. The van der Waals surface area contributed by atoms with E-state index in [1.165, 1.54) is 30.2 Å². The van der Waals surface area contributed by atoms with Crippen LogP contribution in [0.4, 0.5) is 14.5 Å². The highest BCUT2D eigenvalue weighted by atomic mass is 32.2. The highest BCUT2D eigenvalue weighted by Crippen LogP contribution is 2.29. The highest BCUT2D eigenvalue weighted by Gasteiger charge is 2.26. The molecule has 0 atom stereocenters.